The van der Waals surface area contributed by atoms with E-state index in [4.69, 9.17) is 0 Å². The zero-order valence-corrected chi connectivity index (χ0v) is 19.2. The van der Waals surface area contributed by atoms with Crippen LogP contribution in [0.4, 0.5) is 8.78 Å². The van der Waals surface area contributed by atoms with Gasteiger partial charge < -0.3 is 15.0 Å². The second-order valence-corrected chi connectivity index (χ2v) is 9.06. The number of hydroxylamine groups is 3. The molecule has 35 heavy (non-hydrogen) atoms. The van der Waals surface area contributed by atoms with Crippen molar-refractivity contribution in [3.63, 3.8) is 0 Å². The Morgan fingerprint density at radius 3 is 1.97 bits per heavy atom. The number of aryl methyl sites for hydroxylation is 1. The number of benzene rings is 3. The Morgan fingerprint density at radius 1 is 0.943 bits per heavy atom. The third kappa shape index (κ3) is 4.45. The maximum absolute atomic E-state index is 13.6. The number of nitrogens with zero attached hydrogens (tertiary/aromatic N) is 5. The lowest BCUT2D eigenvalue weighted by atomic mass is 9.72. The summed E-state index contributed by atoms with van der Waals surface area (Å²) in [6, 6.07) is 18.6. The summed E-state index contributed by atoms with van der Waals surface area (Å²) in [6.45, 7) is 3.14. The fraction of sp³-hybridized carbons (Fsp3) is 0.269. The molecule has 0 amide bonds. The zero-order chi connectivity index (χ0) is 24.6. The Balaban J connectivity index is 1.34. The van der Waals surface area contributed by atoms with Crippen LogP contribution in [0.3, 0.4) is 0 Å². The van der Waals surface area contributed by atoms with E-state index >= 15 is 0 Å². The van der Waals surface area contributed by atoms with Crippen LogP contribution >= 0.6 is 0 Å². The van der Waals surface area contributed by atoms with Crippen molar-refractivity contribution >= 4 is 0 Å². The maximum Gasteiger partial charge on any atom is 0.204 e. The molecule has 0 radical (unpaired) electrons. The highest BCUT2D eigenvalue weighted by atomic mass is 19.1. The van der Waals surface area contributed by atoms with Crippen LogP contribution in [-0.4, -0.2) is 43.0 Å². The summed E-state index contributed by atoms with van der Waals surface area (Å²) < 4.78 is 26.6. The van der Waals surface area contributed by atoms with Crippen LogP contribution in [0.5, 0.6) is 0 Å². The van der Waals surface area contributed by atoms with E-state index in [1.165, 1.54) is 53.3 Å². The molecule has 9 heteroatoms. The molecule has 180 valence electrons. The SMILES string of the molecule is CCn1nnc(-c2ccc(C[N+]3([O-])CC(C(O)(c4ccc(F)cc4)c4ccc(F)cc4)C3)cc2)n1. The first-order chi connectivity index (χ1) is 16.8. The van der Waals surface area contributed by atoms with E-state index in [0.29, 0.717) is 23.5 Å². The third-order valence-electron chi connectivity index (χ3n) is 6.68. The number of halogens is 2. The van der Waals surface area contributed by atoms with Gasteiger partial charge in [-0.1, -0.05) is 48.5 Å². The smallest absolute Gasteiger partial charge is 0.204 e. The second-order valence-electron chi connectivity index (χ2n) is 9.06. The van der Waals surface area contributed by atoms with E-state index in [2.05, 4.69) is 15.4 Å². The summed E-state index contributed by atoms with van der Waals surface area (Å²) in [6.07, 6.45) is 0. The van der Waals surface area contributed by atoms with Crippen molar-refractivity contribution in [3.05, 3.63) is 106 Å². The minimum atomic E-state index is -1.53. The molecule has 1 fully saturated rings. The van der Waals surface area contributed by atoms with Crippen molar-refractivity contribution in [1.29, 1.82) is 0 Å². The summed E-state index contributed by atoms with van der Waals surface area (Å²) in [7, 11) is 0. The summed E-state index contributed by atoms with van der Waals surface area (Å²) in [5.41, 5.74) is 1.08. The molecular weight excluding hydrogens is 452 g/mol. The lowest BCUT2D eigenvalue weighted by molar-refractivity contribution is -0.945. The number of likely N-dealkylation sites (tertiary alicyclic amines) is 1. The highest BCUT2D eigenvalue weighted by Crippen LogP contribution is 2.44. The summed E-state index contributed by atoms with van der Waals surface area (Å²) in [4.78, 5) is 1.50. The summed E-state index contributed by atoms with van der Waals surface area (Å²) in [5, 5.41) is 37.5. The second kappa shape index (κ2) is 8.92. The Hall–Kier alpha value is -3.53. The number of hydrogen-bond acceptors (Lipinski definition) is 5. The molecule has 1 aliphatic heterocycles. The van der Waals surface area contributed by atoms with Crippen LogP contribution in [0.25, 0.3) is 11.4 Å². The van der Waals surface area contributed by atoms with E-state index in [1.54, 1.807) is 0 Å². The van der Waals surface area contributed by atoms with E-state index < -0.39 is 27.8 Å². The molecule has 0 aliphatic carbocycles. The van der Waals surface area contributed by atoms with E-state index in [9.17, 15) is 19.1 Å². The van der Waals surface area contributed by atoms with Crippen LogP contribution in [-0.2, 0) is 18.7 Å². The van der Waals surface area contributed by atoms with Crippen LogP contribution in [0.15, 0.2) is 72.8 Å². The van der Waals surface area contributed by atoms with Gasteiger partial charge in [0.15, 0.2) is 0 Å². The lowest BCUT2D eigenvalue weighted by Crippen LogP contribution is -2.65. The first-order valence-electron chi connectivity index (χ1n) is 11.5. The highest BCUT2D eigenvalue weighted by Gasteiger charge is 2.52. The molecular formula is C26H25F2N5O2. The average Bonchev–Trinajstić information content (AvgIpc) is 3.33. The first kappa shape index (κ1) is 23.2. The van der Waals surface area contributed by atoms with Gasteiger partial charge in [-0.25, -0.2) is 8.78 Å². The van der Waals surface area contributed by atoms with Gasteiger partial charge in [-0.2, -0.15) is 4.80 Å². The molecule has 4 aromatic rings. The topological polar surface area (TPSA) is 86.9 Å². The Bertz CT molecular complexity index is 1260. The fourth-order valence-corrected chi connectivity index (χ4v) is 4.77. The molecule has 0 unspecified atom stereocenters. The molecule has 0 bridgehead atoms. The molecule has 2 heterocycles. The van der Waals surface area contributed by atoms with E-state index in [1.807, 2.05) is 31.2 Å². The Labute approximate surface area is 201 Å². The predicted octanol–water partition coefficient (Wildman–Crippen LogP) is 4.02. The molecule has 1 N–H and O–H groups in total. The molecule has 0 atom stereocenters. The number of aliphatic hydroxyl groups is 1. The molecule has 5 rings (SSSR count). The standard InChI is InChI=1S/C26H25F2N5O2/c1-2-32-30-25(29-31-32)19-5-3-18(4-6-19)15-33(35)16-22(17-33)26(34,20-7-11-23(27)12-8-20)21-9-13-24(28)14-10-21/h3-14,22,34H,2,15-17H2,1H3. The Morgan fingerprint density at radius 2 is 1.49 bits per heavy atom. The molecule has 1 saturated heterocycles. The third-order valence-corrected chi connectivity index (χ3v) is 6.68. The normalized spacial score (nSPS) is 20.0. The van der Waals surface area contributed by atoms with Gasteiger partial charge >= 0.3 is 0 Å². The van der Waals surface area contributed by atoms with Gasteiger partial charge in [0, 0.05) is 11.1 Å². The lowest BCUT2D eigenvalue weighted by Gasteiger charge is -2.58. The van der Waals surface area contributed by atoms with E-state index in [-0.39, 0.29) is 19.6 Å². The van der Waals surface area contributed by atoms with Gasteiger partial charge in [-0.15, -0.1) is 10.2 Å². The summed E-state index contributed by atoms with van der Waals surface area (Å²) >= 11 is 0. The van der Waals surface area contributed by atoms with Crippen LogP contribution in [0, 0.1) is 22.8 Å². The molecule has 0 saturated carbocycles. The van der Waals surface area contributed by atoms with Crippen LogP contribution in [0.1, 0.15) is 23.6 Å². The van der Waals surface area contributed by atoms with E-state index in [0.717, 1.165) is 11.1 Å². The van der Waals surface area contributed by atoms with Crippen LogP contribution in [0.2, 0.25) is 0 Å². The van der Waals surface area contributed by atoms with Gasteiger partial charge in [-0.3, -0.25) is 0 Å². The number of aromatic nitrogens is 4. The minimum Gasteiger partial charge on any atom is -0.633 e. The van der Waals surface area contributed by atoms with Crippen molar-refractivity contribution in [1.82, 2.24) is 20.2 Å². The van der Waals surface area contributed by atoms with Gasteiger partial charge in [-0.05, 0) is 47.5 Å². The average molecular weight is 478 g/mol. The molecule has 1 aliphatic rings. The van der Waals surface area contributed by atoms with Crippen LogP contribution < -0.4 is 0 Å². The Kier molecular flexibility index (Phi) is 5.92. The monoisotopic (exact) mass is 477 g/mol. The minimum absolute atomic E-state index is 0.166. The van der Waals surface area contributed by atoms with Crippen molar-refractivity contribution in [3.8, 4) is 11.4 Å². The quantitative estimate of drug-likeness (QED) is 0.321. The van der Waals surface area contributed by atoms with Gasteiger partial charge in [0.2, 0.25) is 5.82 Å². The number of hydrogen-bond donors (Lipinski definition) is 1. The largest absolute Gasteiger partial charge is 0.633 e. The number of rotatable bonds is 7. The summed E-state index contributed by atoms with van der Waals surface area (Å²) in [5.74, 6) is -0.733. The highest BCUT2D eigenvalue weighted by molar-refractivity contribution is 5.54. The molecule has 3 aromatic carbocycles. The molecule has 7 nitrogen and oxygen atoms in total. The fourth-order valence-electron chi connectivity index (χ4n) is 4.77. The van der Waals surface area contributed by atoms with Gasteiger partial charge in [0.25, 0.3) is 0 Å². The van der Waals surface area contributed by atoms with Crippen molar-refractivity contribution in [2.45, 2.75) is 25.6 Å². The maximum atomic E-state index is 13.6. The van der Waals surface area contributed by atoms with Crippen molar-refractivity contribution in [2.75, 3.05) is 13.1 Å². The molecule has 0 spiro atoms. The number of tetrazole rings is 1. The van der Waals surface area contributed by atoms with Crippen molar-refractivity contribution < 1.29 is 18.5 Å². The predicted molar refractivity (Wildman–Crippen MR) is 125 cm³/mol. The van der Waals surface area contributed by atoms with Gasteiger partial charge in [0.05, 0.1) is 25.6 Å². The number of quaternary nitrogens is 1. The zero-order valence-electron chi connectivity index (χ0n) is 19.2. The van der Waals surface area contributed by atoms with Gasteiger partial charge in [0.1, 0.15) is 23.8 Å². The first-order valence-corrected chi connectivity index (χ1v) is 11.5. The van der Waals surface area contributed by atoms with Crippen molar-refractivity contribution in [2.24, 2.45) is 5.92 Å². The molecule has 1 aromatic heterocycles.